The summed E-state index contributed by atoms with van der Waals surface area (Å²) >= 11 is 0. The van der Waals surface area contributed by atoms with Crippen molar-refractivity contribution in [2.24, 2.45) is 0 Å². The van der Waals surface area contributed by atoms with E-state index in [9.17, 15) is 24.6 Å². The van der Waals surface area contributed by atoms with Crippen molar-refractivity contribution in [3.63, 3.8) is 0 Å². The van der Waals surface area contributed by atoms with Crippen LogP contribution in [0, 0.1) is 0 Å². The standard InChI is InChI=1S/C18H24N2O6/c1-12(16(21)20-9-10-26-11-15(20)18(24)25)19-14(17(22)23)8-7-13-5-3-2-4-6-13/h2-6,12,14-15,19H,7-11H2,1H3,(H,22,23)(H,24,25). The molecule has 0 bridgehead atoms. The van der Waals surface area contributed by atoms with Crippen molar-refractivity contribution in [1.29, 1.82) is 0 Å². The summed E-state index contributed by atoms with van der Waals surface area (Å²) in [7, 11) is 0. The molecule has 142 valence electrons. The third kappa shape index (κ3) is 5.27. The van der Waals surface area contributed by atoms with Crippen LogP contribution in [0.2, 0.25) is 0 Å². The molecule has 8 nitrogen and oxygen atoms in total. The van der Waals surface area contributed by atoms with E-state index < -0.39 is 36.0 Å². The molecule has 1 aromatic carbocycles. The Morgan fingerprint density at radius 1 is 1.27 bits per heavy atom. The number of carbonyl (C=O) groups excluding carboxylic acids is 1. The summed E-state index contributed by atoms with van der Waals surface area (Å²) in [5, 5.41) is 21.5. The molecule has 3 atom stereocenters. The number of ether oxygens (including phenoxy) is 1. The summed E-state index contributed by atoms with van der Waals surface area (Å²) < 4.78 is 5.12. The van der Waals surface area contributed by atoms with Crippen molar-refractivity contribution in [3.05, 3.63) is 35.9 Å². The van der Waals surface area contributed by atoms with Crippen LogP contribution in [-0.2, 0) is 25.5 Å². The van der Waals surface area contributed by atoms with Gasteiger partial charge in [-0.3, -0.25) is 14.9 Å². The lowest BCUT2D eigenvalue weighted by Crippen LogP contribution is -2.58. The second-order valence-electron chi connectivity index (χ2n) is 6.26. The van der Waals surface area contributed by atoms with Crippen molar-refractivity contribution < 1.29 is 29.3 Å². The third-order valence-corrected chi connectivity index (χ3v) is 4.38. The van der Waals surface area contributed by atoms with Crippen molar-refractivity contribution in [2.45, 2.75) is 37.9 Å². The summed E-state index contributed by atoms with van der Waals surface area (Å²) in [6.07, 6.45) is 0.878. The molecule has 2 rings (SSSR count). The predicted molar refractivity (Wildman–Crippen MR) is 92.7 cm³/mol. The van der Waals surface area contributed by atoms with E-state index in [1.165, 1.54) is 4.90 Å². The van der Waals surface area contributed by atoms with Crippen LogP contribution in [0.15, 0.2) is 30.3 Å². The zero-order valence-electron chi connectivity index (χ0n) is 14.6. The highest BCUT2D eigenvalue weighted by Gasteiger charge is 2.35. The fourth-order valence-corrected chi connectivity index (χ4v) is 2.93. The van der Waals surface area contributed by atoms with Crippen LogP contribution in [0.4, 0.5) is 0 Å². The van der Waals surface area contributed by atoms with Crippen LogP contribution in [-0.4, -0.2) is 70.8 Å². The molecule has 0 radical (unpaired) electrons. The minimum atomic E-state index is -1.14. The number of nitrogens with zero attached hydrogens (tertiary/aromatic N) is 1. The predicted octanol–water partition coefficient (Wildman–Crippen LogP) is 0.363. The molecule has 3 N–H and O–H groups in total. The van der Waals surface area contributed by atoms with E-state index in [2.05, 4.69) is 5.32 Å². The smallest absolute Gasteiger partial charge is 0.328 e. The van der Waals surface area contributed by atoms with Crippen molar-refractivity contribution in [1.82, 2.24) is 10.2 Å². The van der Waals surface area contributed by atoms with Gasteiger partial charge in [0.05, 0.1) is 19.3 Å². The normalized spacial score (nSPS) is 19.6. The molecule has 3 unspecified atom stereocenters. The Bertz CT molecular complexity index is 636. The number of rotatable bonds is 8. The van der Waals surface area contributed by atoms with Crippen molar-refractivity contribution in [3.8, 4) is 0 Å². The zero-order valence-corrected chi connectivity index (χ0v) is 14.6. The fourth-order valence-electron chi connectivity index (χ4n) is 2.93. The minimum Gasteiger partial charge on any atom is -0.480 e. The molecular weight excluding hydrogens is 340 g/mol. The molecular formula is C18H24N2O6. The maximum atomic E-state index is 12.6. The van der Waals surface area contributed by atoms with Gasteiger partial charge in [-0.1, -0.05) is 30.3 Å². The Kier molecular flexibility index (Phi) is 7.11. The summed E-state index contributed by atoms with van der Waals surface area (Å²) in [6.45, 7) is 1.92. The van der Waals surface area contributed by atoms with Gasteiger partial charge in [0.1, 0.15) is 6.04 Å². The van der Waals surface area contributed by atoms with Gasteiger partial charge >= 0.3 is 11.9 Å². The lowest BCUT2D eigenvalue weighted by molar-refractivity contribution is -0.159. The van der Waals surface area contributed by atoms with E-state index >= 15 is 0 Å². The average Bonchev–Trinajstić information content (AvgIpc) is 2.64. The van der Waals surface area contributed by atoms with E-state index in [0.717, 1.165) is 5.56 Å². The van der Waals surface area contributed by atoms with Gasteiger partial charge in [0.15, 0.2) is 6.04 Å². The molecule has 0 spiro atoms. The van der Waals surface area contributed by atoms with Crippen LogP contribution >= 0.6 is 0 Å². The second kappa shape index (κ2) is 9.30. The van der Waals surface area contributed by atoms with Crippen LogP contribution < -0.4 is 5.32 Å². The van der Waals surface area contributed by atoms with Gasteiger partial charge in [-0.25, -0.2) is 4.79 Å². The monoisotopic (exact) mass is 364 g/mol. The highest BCUT2D eigenvalue weighted by atomic mass is 16.5. The Balaban J connectivity index is 1.97. The van der Waals surface area contributed by atoms with Crippen LogP contribution in [0.5, 0.6) is 0 Å². The number of carboxylic acids is 2. The maximum absolute atomic E-state index is 12.6. The first-order valence-corrected chi connectivity index (χ1v) is 8.54. The van der Waals surface area contributed by atoms with Crippen LogP contribution in [0.1, 0.15) is 18.9 Å². The van der Waals surface area contributed by atoms with Crippen LogP contribution in [0.3, 0.4) is 0 Å². The number of aliphatic carboxylic acids is 2. The van der Waals surface area contributed by atoms with Crippen molar-refractivity contribution in [2.75, 3.05) is 19.8 Å². The van der Waals surface area contributed by atoms with Gasteiger partial charge in [0, 0.05) is 6.54 Å². The molecule has 1 aliphatic heterocycles. The lowest BCUT2D eigenvalue weighted by atomic mass is 10.0. The van der Waals surface area contributed by atoms with E-state index in [1.807, 2.05) is 30.3 Å². The summed E-state index contributed by atoms with van der Waals surface area (Å²) in [5.41, 5.74) is 1.01. The Morgan fingerprint density at radius 3 is 2.58 bits per heavy atom. The molecule has 1 amide bonds. The number of morpholine rings is 1. The molecule has 8 heteroatoms. The maximum Gasteiger partial charge on any atom is 0.328 e. The summed E-state index contributed by atoms with van der Waals surface area (Å²) in [4.78, 5) is 36.7. The van der Waals surface area contributed by atoms with Crippen molar-refractivity contribution >= 4 is 17.8 Å². The SMILES string of the molecule is CC(NC(CCc1ccccc1)C(=O)O)C(=O)N1CCOCC1C(=O)O. The van der Waals surface area contributed by atoms with Gasteiger partial charge < -0.3 is 19.8 Å². The summed E-state index contributed by atoms with van der Waals surface area (Å²) in [5.74, 6) is -2.62. The first-order valence-electron chi connectivity index (χ1n) is 8.54. The number of carboxylic acid groups (broad SMARTS) is 2. The number of carbonyl (C=O) groups is 3. The van der Waals surface area contributed by atoms with Gasteiger partial charge in [-0.15, -0.1) is 0 Å². The molecule has 0 saturated carbocycles. The second-order valence-corrected chi connectivity index (χ2v) is 6.26. The number of amides is 1. The number of hydrogen-bond acceptors (Lipinski definition) is 5. The molecule has 1 aromatic rings. The largest absolute Gasteiger partial charge is 0.480 e. The van der Waals surface area contributed by atoms with E-state index in [0.29, 0.717) is 12.8 Å². The molecule has 1 aliphatic rings. The van der Waals surface area contributed by atoms with Crippen LogP contribution in [0.25, 0.3) is 0 Å². The molecule has 1 saturated heterocycles. The quantitative estimate of drug-likeness (QED) is 0.610. The molecule has 1 heterocycles. The van der Waals surface area contributed by atoms with Gasteiger partial charge in [-0.2, -0.15) is 0 Å². The Hall–Kier alpha value is -2.45. The van der Waals surface area contributed by atoms with Gasteiger partial charge in [-0.05, 0) is 25.3 Å². The Labute approximate surface area is 151 Å². The first-order chi connectivity index (χ1) is 12.4. The molecule has 1 fully saturated rings. The zero-order chi connectivity index (χ0) is 19.1. The fraction of sp³-hybridized carbons (Fsp3) is 0.500. The number of benzene rings is 1. The number of aryl methyl sites for hydroxylation is 1. The van der Waals surface area contributed by atoms with E-state index in [-0.39, 0.29) is 19.8 Å². The average molecular weight is 364 g/mol. The van der Waals surface area contributed by atoms with Gasteiger partial charge in [0.2, 0.25) is 5.91 Å². The molecule has 0 aliphatic carbocycles. The highest BCUT2D eigenvalue weighted by molar-refractivity contribution is 5.87. The Morgan fingerprint density at radius 2 is 1.96 bits per heavy atom. The lowest BCUT2D eigenvalue weighted by Gasteiger charge is -2.35. The number of hydrogen-bond donors (Lipinski definition) is 3. The number of nitrogens with one attached hydrogen (secondary N) is 1. The van der Waals surface area contributed by atoms with E-state index in [1.54, 1.807) is 6.92 Å². The minimum absolute atomic E-state index is 0.0653. The first kappa shape index (κ1) is 19.9. The third-order valence-electron chi connectivity index (χ3n) is 4.38. The topological polar surface area (TPSA) is 116 Å². The van der Waals surface area contributed by atoms with E-state index in [4.69, 9.17) is 4.74 Å². The van der Waals surface area contributed by atoms with Gasteiger partial charge in [0.25, 0.3) is 0 Å². The summed E-state index contributed by atoms with van der Waals surface area (Å²) in [6, 6.07) is 6.72. The molecule has 26 heavy (non-hydrogen) atoms. The molecule has 0 aromatic heterocycles. The highest BCUT2D eigenvalue weighted by Crippen LogP contribution is 2.11.